The van der Waals surface area contributed by atoms with Crippen molar-refractivity contribution < 1.29 is 19.0 Å². The van der Waals surface area contributed by atoms with Crippen molar-refractivity contribution in [3.63, 3.8) is 0 Å². The van der Waals surface area contributed by atoms with Gasteiger partial charge >= 0.3 is 5.63 Å². The van der Waals surface area contributed by atoms with E-state index in [-0.39, 0.29) is 10.7 Å². The minimum atomic E-state index is -0.771. The Morgan fingerprint density at radius 3 is 2.91 bits per heavy atom. The molecule has 0 saturated carbocycles. The summed E-state index contributed by atoms with van der Waals surface area (Å²) in [5.74, 6) is 1.18. The van der Waals surface area contributed by atoms with Gasteiger partial charge in [0.05, 0.1) is 10.7 Å². The van der Waals surface area contributed by atoms with Gasteiger partial charge in [-0.1, -0.05) is 0 Å². The zero-order chi connectivity index (χ0) is 15.7. The molecule has 1 saturated heterocycles. The Bertz CT molecular complexity index is 716. The molecule has 1 fully saturated rings. The van der Waals surface area contributed by atoms with Crippen LogP contribution in [-0.2, 0) is 4.74 Å². The molecule has 118 valence electrons. The van der Waals surface area contributed by atoms with E-state index in [0.717, 1.165) is 5.39 Å². The van der Waals surface area contributed by atoms with Crippen molar-refractivity contribution in [3.05, 3.63) is 40.8 Å². The Balaban J connectivity index is 1.86. The van der Waals surface area contributed by atoms with Crippen molar-refractivity contribution in [2.75, 3.05) is 12.9 Å². The summed E-state index contributed by atoms with van der Waals surface area (Å²) in [7, 11) is 1.56. The molecular formula is C15H16O5S2. The molecule has 1 N–H and O–H groups in total. The van der Waals surface area contributed by atoms with E-state index < -0.39 is 17.8 Å². The van der Waals surface area contributed by atoms with Gasteiger partial charge in [0.25, 0.3) is 0 Å². The number of hydrogen-bond donors (Lipinski definition) is 2. The molecule has 1 aromatic heterocycles. The largest absolute Gasteiger partial charge is 0.485 e. The second-order valence-electron chi connectivity index (χ2n) is 5.03. The fourth-order valence-electron chi connectivity index (χ4n) is 2.37. The van der Waals surface area contributed by atoms with Crippen LogP contribution in [-0.4, -0.2) is 40.9 Å². The van der Waals surface area contributed by atoms with Crippen molar-refractivity contribution >= 4 is 35.4 Å². The minimum Gasteiger partial charge on any atom is -0.485 e. The predicted molar refractivity (Wildman–Crippen MR) is 88.9 cm³/mol. The molecule has 0 bridgehead atoms. The van der Waals surface area contributed by atoms with E-state index in [1.165, 1.54) is 6.07 Å². The van der Waals surface area contributed by atoms with E-state index in [1.54, 1.807) is 43.1 Å². The zero-order valence-electron chi connectivity index (χ0n) is 11.8. The summed E-state index contributed by atoms with van der Waals surface area (Å²) < 4.78 is 16.1. The third-order valence-corrected chi connectivity index (χ3v) is 5.47. The molecule has 7 heteroatoms. The first kappa shape index (κ1) is 15.7. The van der Waals surface area contributed by atoms with Gasteiger partial charge in [0.15, 0.2) is 0 Å². The minimum absolute atomic E-state index is 0.167. The summed E-state index contributed by atoms with van der Waals surface area (Å²) in [5, 5.41) is 11.1. The van der Waals surface area contributed by atoms with Crippen LogP contribution >= 0.6 is 24.4 Å². The molecule has 22 heavy (non-hydrogen) atoms. The number of benzene rings is 1. The lowest BCUT2D eigenvalue weighted by molar-refractivity contribution is -0.0552. The first-order chi connectivity index (χ1) is 10.6. The third kappa shape index (κ3) is 3.12. The Hall–Kier alpha value is -1.15. The summed E-state index contributed by atoms with van der Waals surface area (Å²) in [6.45, 7) is 0. The van der Waals surface area contributed by atoms with Crippen LogP contribution < -0.4 is 10.4 Å². The molecule has 0 amide bonds. The average molecular weight is 340 g/mol. The van der Waals surface area contributed by atoms with Crippen LogP contribution in [0.15, 0.2) is 39.5 Å². The summed E-state index contributed by atoms with van der Waals surface area (Å²) >= 11 is 6.03. The summed E-state index contributed by atoms with van der Waals surface area (Å²) in [6.07, 6.45) is -1.58. The maximum Gasteiger partial charge on any atom is 0.336 e. The molecular weight excluding hydrogens is 324 g/mol. The molecule has 0 spiro atoms. The van der Waals surface area contributed by atoms with Gasteiger partial charge in [0.1, 0.15) is 23.5 Å². The maximum absolute atomic E-state index is 11.3. The fraction of sp³-hybridized carbons (Fsp3) is 0.400. The first-order valence-electron chi connectivity index (χ1n) is 6.79. The molecule has 1 aliphatic heterocycles. The van der Waals surface area contributed by atoms with Crippen LogP contribution in [0.3, 0.4) is 0 Å². The zero-order valence-corrected chi connectivity index (χ0v) is 13.5. The van der Waals surface area contributed by atoms with Gasteiger partial charge < -0.3 is 19.0 Å². The van der Waals surface area contributed by atoms with Gasteiger partial charge in [-0.15, -0.1) is 11.8 Å². The standard InChI is InChI=1S/C15H16O5S2/c1-18-11-7-22-15(21)14(13(11)17)19-9-4-2-8-3-5-12(16)20-10(8)6-9/h2-6,11,13-15,17,21H,7H2,1H3/t11-,13+,14-,15-/m1/s1. The number of methoxy groups -OCH3 is 1. The summed E-state index contributed by atoms with van der Waals surface area (Å²) in [6, 6.07) is 8.29. The van der Waals surface area contributed by atoms with Crippen molar-refractivity contribution in [3.8, 4) is 5.75 Å². The molecule has 2 aromatic rings. The van der Waals surface area contributed by atoms with E-state index in [0.29, 0.717) is 17.1 Å². The van der Waals surface area contributed by atoms with Crippen LogP contribution in [0.25, 0.3) is 11.0 Å². The molecule has 5 nitrogen and oxygen atoms in total. The molecule has 2 heterocycles. The van der Waals surface area contributed by atoms with E-state index >= 15 is 0 Å². The van der Waals surface area contributed by atoms with Gasteiger partial charge in [-0.25, -0.2) is 4.79 Å². The predicted octanol–water partition coefficient (Wildman–Crippen LogP) is 1.92. The topological polar surface area (TPSA) is 68.9 Å². The fourth-order valence-corrected chi connectivity index (χ4v) is 4.00. The lowest BCUT2D eigenvalue weighted by atomic mass is 10.1. The number of ether oxygens (including phenoxy) is 2. The highest BCUT2D eigenvalue weighted by Gasteiger charge is 2.39. The smallest absolute Gasteiger partial charge is 0.336 e. The van der Waals surface area contributed by atoms with Gasteiger partial charge in [0, 0.05) is 30.4 Å². The Kier molecular flexibility index (Phi) is 4.67. The number of thiol groups is 1. The lowest BCUT2D eigenvalue weighted by Gasteiger charge is -2.37. The van der Waals surface area contributed by atoms with E-state index in [4.69, 9.17) is 13.9 Å². The molecule has 0 aliphatic carbocycles. The quantitative estimate of drug-likeness (QED) is 0.657. The molecule has 1 aliphatic rings. The SMILES string of the molecule is CO[C@@H]1CS[C@@H](S)[C@H](Oc2ccc3ccc(=O)oc3c2)[C@H]1O. The van der Waals surface area contributed by atoms with Gasteiger partial charge in [-0.05, 0) is 18.2 Å². The second-order valence-corrected chi connectivity index (χ2v) is 7.11. The number of aliphatic hydroxyl groups excluding tert-OH is 1. The molecule has 0 unspecified atom stereocenters. The summed E-state index contributed by atoms with van der Waals surface area (Å²) in [5.41, 5.74) is 0.0337. The number of thioether (sulfide) groups is 1. The average Bonchev–Trinajstić information content (AvgIpc) is 2.51. The third-order valence-electron chi connectivity index (χ3n) is 3.60. The van der Waals surface area contributed by atoms with E-state index in [9.17, 15) is 9.90 Å². The van der Waals surface area contributed by atoms with Crippen molar-refractivity contribution in [1.82, 2.24) is 0 Å². The van der Waals surface area contributed by atoms with Gasteiger partial charge in [-0.3, -0.25) is 0 Å². The molecule has 1 aromatic carbocycles. The highest BCUT2D eigenvalue weighted by atomic mass is 32.2. The van der Waals surface area contributed by atoms with Crippen LogP contribution in [0.5, 0.6) is 5.75 Å². The second kappa shape index (κ2) is 6.54. The van der Waals surface area contributed by atoms with E-state index in [1.807, 2.05) is 0 Å². The molecule has 3 rings (SSSR count). The number of hydrogen-bond acceptors (Lipinski definition) is 7. The van der Waals surface area contributed by atoms with Crippen LogP contribution in [0.2, 0.25) is 0 Å². The van der Waals surface area contributed by atoms with E-state index in [2.05, 4.69) is 12.6 Å². The first-order valence-corrected chi connectivity index (χ1v) is 8.36. The lowest BCUT2D eigenvalue weighted by Crippen LogP contribution is -2.51. The Morgan fingerprint density at radius 2 is 2.14 bits per heavy atom. The number of aliphatic hydroxyl groups is 1. The van der Waals surface area contributed by atoms with Crippen molar-refractivity contribution in [1.29, 1.82) is 0 Å². The highest BCUT2D eigenvalue weighted by Crippen LogP contribution is 2.33. The van der Waals surface area contributed by atoms with Gasteiger partial charge in [-0.2, -0.15) is 12.6 Å². The molecule has 0 radical (unpaired) electrons. The Labute approximate surface area is 137 Å². The van der Waals surface area contributed by atoms with Crippen molar-refractivity contribution in [2.24, 2.45) is 0 Å². The van der Waals surface area contributed by atoms with Crippen LogP contribution in [0.1, 0.15) is 0 Å². The maximum atomic E-state index is 11.3. The monoisotopic (exact) mass is 340 g/mol. The number of rotatable bonds is 3. The van der Waals surface area contributed by atoms with Gasteiger partial charge in [0.2, 0.25) is 0 Å². The normalized spacial score (nSPS) is 28.7. The Morgan fingerprint density at radius 1 is 1.36 bits per heavy atom. The van der Waals surface area contributed by atoms with Crippen LogP contribution in [0, 0.1) is 0 Å². The van der Waals surface area contributed by atoms with Crippen molar-refractivity contribution in [2.45, 2.75) is 22.9 Å². The van der Waals surface area contributed by atoms with Crippen LogP contribution in [0.4, 0.5) is 0 Å². The number of fused-ring (bicyclic) bond motifs is 1. The highest BCUT2D eigenvalue weighted by molar-refractivity contribution is 8.10. The molecule has 4 atom stereocenters. The summed E-state index contributed by atoms with van der Waals surface area (Å²) in [4.78, 5) is 11.3.